The summed E-state index contributed by atoms with van der Waals surface area (Å²) >= 11 is 0. The first-order chi connectivity index (χ1) is 10.3. The van der Waals surface area contributed by atoms with Gasteiger partial charge in [0.05, 0.1) is 0 Å². The Hall–Kier alpha value is -2.10. The summed E-state index contributed by atoms with van der Waals surface area (Å²) < 4.78 is 0. The smallest absolute Gasteiger partial charge is 0.229 e. The summed E-state index contributed by atoms with van der Waals surface area (Å²) in [4.78, 5) is 11.3. The van der Waals surface area contributed by atoms with E-state index in [1.165, 1.54) is 32.1 Å². The average Bonchev–Trinajstić information content (AvgIpc) is 2.56. The second-order valence-electron chi connectivity index (χ2n) is 5.63. The molecule has 1 fully saturated rings. The van der Waals surface area contributed by atoms with Gasteiger partial charge in [0.2, 0.25) is 5.95 Å². The van der Waals surface area contributed by atoms with Gasteiger partial charge in [-0.2, -0.15) is 4.98 Å². The Bertz CT molecular complexity index is 564. The lowest BCUT2D eigenvalue weighted by molar-refractivity contribution is 0.426. The third-order valence-electron chi connectivity index (χ3n) is 4.15. The highest BCUT2D eigenvalue weighted by Gasteiger charge is 2.19. The van der Waals surface area contributed by atoms with Gasteiger partial charge in [0, 0.05) is 25.0 Å². The Balaban J connectivity index is 1.73. The van der Waals surface area contributed by atoms with Crippen LogP contribution in [0.2, 0.25) is 0 Å². The fourth-order valence-corrected chi connectivity index (χ4v) is 2.91. The molecule has 0 amide bonds. The van der Waals surface area contributed by atoms with E-state index in [0.717, 1.165) is 11.5 Å². The monoisotopic (exact) mass is 282 g/mol. The third kappa shape index (κ3) is 3.51. The molecule has 1 N–H and O–H groups in total. The summed E-state index contributed by atoms with van der Waals surface area (Å²) in [5.41, 5.74) is 1.01. The lowest BCUT2D eigenvalue weighted by atomic mass is 9.94. The SMILES string of the molecule is CN(c1ccnc(Nc2ccccc2)n1)C1CCCCC1. The summed E-state index contributed by atoms with van der Waals surface area (Å²) in [7, 11) is 2.14. The minimum atomic E-state index is 0.609. The van der Waals surface area contributed by atoms with Gasteiger partial charge in [-0.15, -0.1) is 0 Å². The van der Waals surface area contributed by atoms with Crippen molar-refractivity contribution in [1.82, 2.24) is 9.97 Å². The first-order valence-corrected chi connectivity index (χ1v) is 7.71. The van der Waals surface area contributed by atoms with Crippen LogP contribution in [0.3, 0.4) is 0 Å². The molecular weight excluding hydrogens is 260 g/mol. The van der Waals surface area contributed by atoms with E-state index in [2.05, 4.69) is 27.2 Å². The van der Waals surface area contributed by atoms with Crippen molar-refractivity contribution >= 4 is 17.5 Å². The van der Waals surface area contributed by atoms with Gasteiger partial charge >= 0.3 is 0 Å². The molecule has 21 heavy (non-hydrogen) atoms. The minimum absolute atomic E-state index is 0.609. The Morgan fingerprint density at radius 1 is 1.05 bits per heavy atom. The Kier molecular flexibility index (Phi) is 4.34. The van der Waals surface area contributed by atoms with Crippen molar-refractivity contribution < 1.29 is 0 Å². The number of rotatable bonds is 4. The van der Waals surface area contributed by atoms with E-state index in [1.807, 2.05) is 42.6 Å². The zero-order valence-electron chi connectivity index (χ0n) is 12.5. The molecule has 0 radical (unpaired) electrons. The van der Waals surface area contributed by atoms with Gasteiger partial charge in [0.15, 0.2) is 0 Å². The van der Waals surface area contributed by atoms with Gasteiger partial charge in [0.25, 0.3) is 0 Å². The number of aromatic nitrogens is 2. The highest BCUT2D eigenvalue weighted by Crippen LogP contribution is 2.25. The van der Waals surface area contributed by atoms with Crippen molar-refractivity contribution in [1.29, 1.82) is 0 Å². The van der Waals surface area contributed by atoms with E-state index >= 15 is 0 Å². The van der Waals surface area contributed by atoms with Crippen LogP contribution in [0.15, 0.2) is 42.6 Å². The summed E-state index contributed by atoms with van der Waals surface area (Å²) in [6.45, 7) is 0. The molecule has 1 aromatic carbocycles. The molecule has 1 saturated carbocycles. The van der Waals surface area contributed by atoms with E-state index in [-0.39, 0.29) is 0 Å². The lowest BCUT2D eigenvalue weighted by Gasteiger charge is -2.32. The summed E-state index contributed by atoms with van der Waals surface area (Å²) in [6, 6.07) is 12.6. The topological polar surface area (TPSA) is 41.1 Å². The second kappa shape index (κ2) is 6.57. The Morgan fingerprint density at radius 2 is 1.81 bits per heavy atom. The molecule has 3 rings (SSSR count). The number of hydrogen-bond acceptors (Lipinski definition) is 4. The molecule has 2 aromatic rings. The molecule has 4 nitrogen and oxygen atoms in total. The van der Waals surface area contributed by atoms with Crippen molar-refractivity contribution in [2.75, 3.05) is 17.3 Å². The van der Waals surface area contributed by atoms with Crippen molar-refractivity contribution in [3.8, 4) is 0 Å². The van der Waals surface area contributed by atoms with E-state index < -0.39 is 0 Å². The Morgan fingerprint density at radius 3 is 2.57 bits per heavy atom. The largest absolute Gasteiger partial charge is 0.357 e. The van der Waals surface area contributed by atoms with Crippen LogP contribution in [-0.2, 0) is 0 Å². The van der Waals surface area contributed by atoms with Crippen LogP contribution in [0.5, 0.6) is 0 Å². The Labute approximate surface area is 126 Å². The molecule has 4 heteroatoms. The van der Waals surface area contributed by atoms with Crippen LogP contribution < -0.4 is 10.2 Å². The molecule has 0 bridgehead atoms. The third-order valence-corrected chi connectivity index (χ3v) is 4.15. The lowest BCUT2D eigenvalue weighted by Crippen LogP contribution is -2.34. The first kappa shape index (κ1) is 13.9. The molecule has 1 heterocycles. The second-order valence-corrected chi connectivity index (χ2v) is 5.63. The molecule has 0 unspecified atom stereocenters. The highest BCUT2D eigenvalue weighted by molar-refractivity contribution is 5.54. The quantitative estimate of drug-likeness (QED) is 0.920. The summed E-state index contributed by atoms with van der Waals surface area (Å²) in [6.07, 6.45) is 8.39. The standard InChI is InChI=1S/C17H22N4/c1-21(15-10-6-3-7-11-15)16-12-13-18-17(20-16)19-14-8-4-2-5-9-14/h2,4-5,8-9,12-13,15H,3,6-7,10-11H2,1H3,(H,18,19,20). The number of benzene rings is 1. The van der Waals surface area contributed by atoms with Crippen molar-refractivity contribution in [2.45, 2.75) is 38.1 Å². The van der Waals surface area contributed by atoms with Gasteiger partial charge in [-0.1, -0.05) is 37.5 Å². The molecule has 110 valence electrons. The van der Waals surface area contributed by atoms with Crippen LogP contribution in [0, 0.1) is 0 Å². The molecule has 0 spiro atoms. The first-order valence-electron chi connectivity index (χ1n) is 7.71. The minimum Gasteiger partial charge on any atom is -0.357 e. The molecule has 1 aliphatic carbocycles. The van der Waals surface area contributed by atoms with Crippen LogP contribution in [0.1, 0.15) is 32.1 Å². The summed E-state index contributed by atoms with van der Waals surface area (Å²) in [5, 5.41) is 3.25. The van der Waals surface area contributed by atoms with Gasteiger partial charge in [0.1, 0.15) is 5.82 Å². The summed E-state index contributed by atoms with van der Waals surface area (Å²) in [5.74, 6) is 1.65. The van der Waals surface area contributed by atoms with Crippen LogP contribution in [-0.4, -0.2) is 23.1 Å². The number of para-hydroxylation sites is 1. The number of nitrogens with one attached hydrogen (secondary N) is 1. The maximum atomic E-state index is 4.65. The number of hydrogen-bond donors (Lipinski definition) is 1. The van der Waals surface area contributed by atoms with Gasteiger partial charge in [-0.3, -0.25) is 0 Å². The van der Waals surface area contributed by atoms with Gasteiger partial charge in [-0.25, -0.2) is 4.98 Å². The predicted octanol–water partition coefficient (Wildman–Crippen LogP) is 3.99. The fraction of sp³-hybridized carbons (Fsp3) is 0.412. The zero-order valence-corrected chi connectivity index (χ0v) is 12.5. The van der Waals surface area contributed by atoms with Crippen molar-refractivity contribution in [3.05, 3.63) is 42.6 Å². The maximum Gasteiger partial charge on any atom is 0.229 e. The van der Waals surface area contributed by atoms with E-state index in [9.17, 15) is 0 Å². The zero-order chi connectivity index (χ0) is 14.5. The van der Waals surface area contributed by atoms with Gasteiger partial charge < -0.3 is 10.2 Å². The van der Waals surface area contributed by atoms with Crippen LogP contribution in [0.4, 0.5) is 17.5 Å². The molecule has 1 aromatic heterocycles. The molecule has 0 atom stereocenters. The van der Waals surface area contributed by atoms with E-state index in [4.69, 9.17) is 0 Å². The molecular formula is C17H22N4. The van der Waals surface area contributed by atoms with Gasteiger partial charge in [-0.05, 0) is 31.0 Å². The van der Waals surface area contributed by atoms with Crippen molar-refractivity contribution in [3.63, 3.8) is 0 Å². The molecule has 0 aliphatic heterocycles. The fourth-order valence-electron chi connectivity index (χ4n) is 2.91. The van der Waals surface area contributed by atoms with Crippen molar-refractivity contribution in [2.24, 2.45) is 0 Å². The van der Waals surface area contributed by atoms with Crippen LogP contribution in [0.25, 0.3) is 0 Å². The van der Waals surface area contributed by atoms with E-state index in [1.54, 1.807) is 0 Å². The van der Waals surface area contributed by atoms with E-state index in [0.29, 0.717) is 12.0 Å². The molecule has 1 aliphatic rings. The number of nitrogens with zero attached hydrogens (tertiary/aromatic N) is 3. The highest BCUT2D eigenvalue weighted by atomic mass is 15.2. The normalized spacial score (nSPS) is 15.7. The number of anilines is 3. The average molecular weight is 282 g/mol. The molecule has 0 saturated heterocycles. The maximum absolute atomic E-state index is 4.65. The van der Waals surface area contributed by atoms with Crippen LogP contribution >= 0.6 is 0 Å². The predicted molar refractivity (Wildman–Crippen MR) is 87.0 cm³/mol.